The number of nitrogen functional groups attached to an aromatic ring is 1. The van der Waals surface area contributed by atoms with Crippen LogP contribution in [0.4, 0.5) is 14.5 Å². The number of rotatable bonds is 2. The van der Waals surface area contributed by atoms with E-state index in [4.69, 9.17) is 5.73 Å². The van der Waals surface area contributed by atoms with Gasteiger partial charge in [0.2, 0.25) is 0 Å². The first-order chi connectivity index (χ1) is 8.50. The normalized spacial score (nSPS) is 10.4. The third-order valence-electron chi connectivity index (χ3n) is 2.43. The lowest BCUT2D eigenvalue weighted by atomic mass is 10.0. The maximum absolute atomic E-state index is 13.5. The van der Waals surface area contributed by atoms with E-state index in [1.54, 1.807) is 0 Å². The fraction of sp³-hybridized carbons (Fsp3) is 0. The Morgan fingerprint density at radius 2 is 1.72 bits per heavy atom. The summed E-state index contributed by atoms with van der Waals surface area (Å²) in [6.07, 6.45) is 0. The molecule has 0 saturated carbocycles. The van der Waals surface area contributed by atoms with E-state index in [1.165, 1.54) is 24.3 Å². The van der Waals surface area contributed by atoms with Crippen LogP contribution in [0.1, 0.15) is 15.9 Å². The molecule has 0 radical (unpaired) electrons. The lowest BCUT2D eigenvalue weighted by Gasteiger charge is -2.06. The highest BCUT2D eigenvalue weighted by molar-refractivity contribution is 9.10. The van der Waals surface area contributed by atoms with E-state index in [0.717, 1.165) is 12.1 Å². The molecule has 5 heteroatoms. The van der Waals surface area contributed by atoms with Gasteiger partial charge in [0.15, 0.2) is 5.78 Å². The number of carbonyl (C=O) groups excluding carboxylic acids is 1. The van der Waals surface area contributed by atoms with Crippen LogP contribution in [0.25, 0.3) is 0 Å². The highest BCUT2D eigenvalue weighted by Gasteiger charge is 2.20. The summed E-state index contributed by atoms with van der Waals surface area (Å²) >= 11 is 3.15. The Labute approximate surface area is 111 Å². The van der Waals surface area contributed by atoms with Gasteiger partial charge in [-0.25, -0.2) is 8.78 Å². The molecule has 2 rings (SSSR count). The second-order valence-corrected chi connectivity index (χ2v) is 4.52. The van der Waals surface area contributed by atoms with E-state index in [1.807, 2.05) is 0 Å². The maximum atomic E-state index is 13.5. The lowest BCUT2D eigenvalue weighted by Crippen LogP contribution is -2.08. The number of carbonyl (C=O) groups is 1. The Hall–Kier alpha value is -1.75. The zero-order valence-electron chi connectivity index (χ0n) is 9.08. The smallest absolute Gasteiger partial charge is 0.200 e. The molecule has 0 saturated heterocycles. The van der Waals surface area contributed by atoms with E-state index in [9.17, 15) is 13.6 Å². The van der Waals surface area contributed by atoms with Gasteiger partial charge in [-0.2, -0.15) is 0 Å². The second kappa shape index (κ2) is 4.86. The molecule has 0 aliphatic rings. The monoisotopic (exact) mass is 311 g/mol. The number of ketones is 1. The van der Waals surface area contributed by atoms with Gasteiger partial charge >= 0.3 is 0 Å². The van der Waals surface area contributed by atoms with Crippen LogP contribution >= 0.6 is 15.9 Å². The molecule has 0 atom stereocenters. The Bertz CT molecular complexity index is 608. The summed E-state index contributed by atoms with van der Waals surface area (Å²) in [6.45, 7) is 0. The van der Waals surface area contributed by atoms with Crippen LogP contribution in [0.3, 0.4) is 0 Å². The molecule has 2 N–H and O–H groups in total. The first-order valence-electron chi connectivity index (χ1n) is 5.04. The summed E-state index contributed by atoms with van der Waals surface area (Å²) in [6, 6.07) is 7.72. The number of hydrogen-bond donors (Lipinski definition) is 1. The summed E-state index contributed by atoms with van der Waals surface area (Å²) < 4.78 is 27.4. The van der Waals surface area contributed by atoms with Gasteiger partial charge in [0.1, 0.15) is 11.6 Å². The minimum Gasteiger partial charge on any atom is -0.399 e. The van der Waals surface area contributed by atoms with Crippen molar-refractivity contribution in [1.29, 1.82) is 0 Å². The summed E-state index contributed by atoms with van der Waals surface area (Å²) in [5, 5.41) is 0. The van der Waals surface area contributed by atoms with Gasteiger partial charge < -0.3 is 5.73 Å². The molecule has 0 fully saturated rings. The van der Waals surface area contributed by atoms with Crippen LogP contribution in [0, 0.1) is 11.6 Å². The lowest BCUT2D eigenvalue weighted by molar-refractivity contribution is 0.103. The highest BCUT2D eigenvalue weighted by Crippen LogP contribution is 2.24. The molecule has 0 aromatic heterocycles. The number of anilines is 1. The summed E-state index contributed by atoms with van der Waals surface area (Å²) in [4.78, 5) is 12.1. The van der Waals surface area contributed by atoms with E-state index >= 15 is 0 Å². The average molecular weight is 312 g/mol. The molecule has 0 unspecified atom stereocenters. The summed E-state index contributed by atoms with van der Waals surface area (Å²) in [7, 11) is 0. The van der Waals surface area contributed by atoms with Gasteiger partial charge in [-0.3, -0.25) is 4.79 Å². The minimum atomic E-state index is -0.885. The van der Waals surface area contributed by atoms with Crippen LogP contribution in [-0.4, -0.2) is 5.78 Å². The maximum Gasteiger partial charge on any atom is 0.200 e. The zero-order valence-corrected chi connectivity index (χ0v) is 10.7. The molecular formula is C13H8BrF2NO. The third kappa shape index (κ3) is 2.26. The molecule has 0 heterocycles. The third-order valence-corrected chi connectivity index (χ3v) is 3.08. The molecule has 18 heavy (non-hydrogen) atoms. The van der Waals surface area contributed by atoms with Gasteiger partial charge in [0.05, 0.1) is 5.56 Å². The van der Waals surface area contributed by atoms with Crippen LogP contribution in [0.15, 0.2) is 40.9 Å². The van der Waals surface area contributed by atoms with Crippen LogP contribution in [0.5, 0.6) is 0 Å². The van der Waals surface area contributed by atoms with Gasteiger partial charge in [0, 0.05) is 15.7 Å². The summed E-state index contributed by atoms with van der Waals surface area (Å²) in [5.41, 5.74) is 5.58. The molecule has 0 aliphatic heterocycles. The molecule has 0 amide bonds. The molecule has 2 aromatic carbocycles. The van der Waals surface area contributed by atoms with Crippen molar-refractivity contribution in [2.24, 2.45) is 0 Å². The first-order valence-corrected chi connectivity index (χ1v) is 5.83. The van der Waals surface area contributed by atoms with Crippen molar-refractivity contribution in [3.8, 4) is 0 Å². The SMILES string of the molecule is Nc1ccc(C(=O)c2c(F)cccc2F)c(Br)c1. The Morgan fingerprint density at radius 1 is 1.11 bits per heavy atom. The van der Waals surface area contributed by atoms with Gasteiger partial charge in [-0.1, -0.05) is 6.07 Å². The molecular weight excluding hydrogens is 304 g/mol. The molecule has 0 spiro atoms. The van der Waals surface area contributed by atoms with Crippen LogP contribution in [0.2, 0.25) is 0 Å². The fourth-order valence-corrected chi connectivity index (χ4v) is 2.14. The predicted molar refractivity (Wildman–Crippen MR) is 68.3 cm³/mol. The molecule has 2 nitrogen and oxygen atoms in total. The molecule has 0 aliphatic carbocycles. The quantitative estimate of drug-likeness (QED) is 0.681. The standard InChI is InChI=1S/C13H8BrF2NO/c14-9-6-7(17)4-5-8(9)13(18)12-10(15)2-1-3-11(12)16/h1-6H,17H2. The van der Waals surface area contributed by atoms with Crippen molar-refractivity contribution in [2.45, 2.75) is 0 Å². The average Bonchev–Trinajstić information content (AvgIpc) is 2.28. The first kappa shape index (κ1) is 12.7. The number of nitrogens with two attached hydrogens (primary N) is 1. The highest BCUT2D eigenvalue weighted by atomic mass is 79.9. The van der Waals surface area contributed by atoms with E-state index in [0.29, 0.717) is 10.2 Å². The summed E-state index contributed by atoms with van der Waals surface area (Å²) in [5.74, 6) is -2.50. The Balaban J connectivity index is 2.55. The van der Waals surface area contributed by atoms with Crippen molar-refractivity contribution >= 4 is 27.4 Å². The van der Waals surface area contributed by atoms with E-state index in [2.05, 4.69) is 15.9 Å². The molecule has 0 bridgehead atoms. The molecule has 92 valence electrons. The van der Waals surface area contributed by atoms with Crippen LogP contribution < -0.4 is 5.73 Å². The topological polar surface area (TPSA) is 43.1 Å². The number of hydrogen-bond acceptors (Lipinski definition) is 2. The number of halogens is 3. The van der Waals surface area contributed by atoms with Crippen molar-refractivity contribution in [3.63, 3.8) is 0 Å². The van der Waals surface area contributed by atoms with E-state index < -0.39 is 23.0 Å². The Kier molecular flexibility index (Phi) is 3.43. The van der Waals surface area contributed by atoms with Crippen molar-refractivity contribution in [3.05, 3.63) is 63.6 Å². The molecule has 2 aromatic rings. The van der Waals surface area contributed by atoms with Gasteiger partial charge in [0.25, 0.3) is 0 Å². The largest absolute Gasteiger partial charge is 0.399 e. The minimum absolute atomic E-state index is 0.160. The van der Waals surface area contributed by atoms with Crippen molar-refractivity contribution < 1.29 is 13.6 Å². The predicted octanol–water partition coefficient (Wildman–Crippen LogP) is 3.54. The fourth-order valence-electron chi connectivity index (χ4n) is 1.56. The zero-order chi connectivity index (χ0) is 13.3. The Morgan fingerprint density at radius 3 is 2.28 bits per heavy atom. The van der Waals surface area contributed by atoms with Crippen LogP contribution in [-0.2, 0) is 0 Å². The second-order valence-electron chi connectivity index (χ2n) is 3.67. The van der Waals surface area contributed by atoms with Gasteiger partial charge in [-0.05, 0) is 46.3 Å². The number of benzene rings is 2. The van der Waals surface area contributed by atoms with Crippen molar-refractivity contribution in [2.75, 3.05) is 5.73 Å². The van der Waals surface area contributed by atoms with Crippen molar-refractivity contribution in [1.82, 2.24) is 0 Å². The van der Waals surface area contributed by atoms with E-state index in [-0.39, 0.29) is 5.56 Å². The van der Waals surface area contributed by atoms with Gasteiger partial charge in [-0.15, -0.1) is 0 Å².